The lowest BCUT2D eigenvalue weighted by Crippen LogP contribution is -2.44. The number of benzene rings is 2. The lowest BCUT2D eigenvalue weighted by molar-refractivity contribution is -0.115. The Morgan fingerprint density at radius 2 is 1.90 bits per heavy atom. The van der Waals surface area contributed by atoms with Crippen molar-refractivity contribution in [2.24, 2.45) is 11.6 Å². The Bertz CT molecular complexity index is 1400. The van der Waals surface area contributed by atoms with Crippen LogP contribution in [0.25, 0.3) is 5.70 Å². The summed E-state index contributed by atoms with van der Waals surface area (Å²) in [6.45, 7) is 6.51. The number of nitrogens with one attached hydrogen (secondary N) is 2. The number of hydrogen-bond acceptors (Lipinski definition) is 9. The standard InChI is InChI=1S/C28H35FN8O2S/c1-4-26(38)34-28-32-16-25(40-28)23(30)17-37(31)24-13-20(6-5-18(24)2)27(39)33-21-11-19(15-29)12-22(14-21)36-9-7-35(3)8-10-36/h5-6,11-14,16-17H,4,7-10,15,30-31H2,1-3H3,(H,33,39)(H,32,34,38)/b23-17-. The Morgan fingerprint density at radius 1 is 1.15 bits per heavy atom. The van der Waals surface area contributed by atoms with Gasteiger partial charge in [0, 0.05) is 61.9 Å². The van der Waals surface area contributed by atoms with Crippen LogP contribution >= 0.6 is 11.3 Å². The van der Waals surface area contributed by atoms with Crippen LogP contribution in [0.4, 0.5) is 26.6 Å². The maximum atomic E-state index is 13.7. The average Bonchev–Trinajstić information content (AvgIpc) is 3.41. The zero-order valence-corrected chi connectivity index (χ0v) is 23.7. The topological polar surface area (TPSA) is 133 Å². The number of alkyl halides is 1. The number of aromatic nitrogens is 1. The van der Waals surface area contributed by atoms with Crippen LogP contribution < -0.4 is 32.1 Å². The van der Waals surface area contributed by atoms with Gasteiger partial charge in [0.05, 0.1) is 16.3 Å². The predicted octanol–water partition coefficient (Wildman–Crippen LogP) is 3.91. The molecule has 2 aromatic carbocycles. The molecule has 1 aliphatic rings. The van der Waals surface area contributed by atoms with Crippen LogP contribution in [-0.2, 0) is 11.5 Å². The van der Waals surface area contributed by atoms with Crippen LogP contribution in [0.1, 0.15) is 39.7 Å². The second-order valence-electron chi connectivity index (χ2n) is 9.69. The molecule has 0 spiro atoms. The third kappa shape index (κ3) is 7.14. The van der Waals surface area contributed by atoms with Crippen LogP contribution in [0.2, 0.25) is 0 Å². The highest BCUT2D eigenvalue weighted by atomic mass is 32.1. The number of carbonyl (C=O) groups is 2. The molecule has 12 heteroatoms. The number of aryl methyl sites for hydroxylation is 1. The predicted molar refractivity (Wildman–Crippen MR) is 160 cm³/mol. The first-order valence-electron chi connectivity index (χ1n) is 13.0. The van der Waals surface area contributed by atoms with E-state index in [2.05, 4.69) is 32.5 Å². The number of nitrogens with two attached hydrogens (primary N) is 2. The minimum atomic E-state index is -0.624. The summed E-state index contributed by atoms with van der Waals surface area (Å²) in [6, 6.07) is 10.5. The Balaban J connectivity index is 1.51. The number of anilines is 4. The second kappa shape index (κ2) is 12.9. The quantitative estimate of drug-likeness (QED) is 0.226. The molecule has 2 heterocycles. The molecule has 4 rings (SSSR count). The Morgan fingerprint density at radius 3 is 2.60 bits per heavy atom. The van der Waals surface area contributed by atoms with E-state index in [-0.39, 0.29) is 11.8 Å². The molecule has 40 heavy (non-hydrogen) atoms. The molecular weight excluding hydrogens is 531 g/mol. The molecule has 2 amide bonds. The van der Waals surface area contributed by atoms with Gasteiger partial charge in [-0.3, -0.25) is 14.6 Å². The Labute approximate surface area is 237 Å². The maximum Gasteiger partial charge on any atom is 0.255 e. The lowest BCUT2D eigenvalue weighted by Gasteiger charge is -2.34. The first kappa shape index (κ1) is 29.0. The van der Waals surface area contributed by atoms with Crippen molar-refractivity contribution in [3.8, 4) is 0 Å². The van der Waals surface area contributed by atoms with Crippen molar-refractivity contribution in [1.82, 2.24) is 9.88 Å². The van der Waals surface area contributed by atoms with Gasteiger partial charge in [0.1, 0.15) is 6.67 Å². The van der Waals surface area contributed by atoms with Crippen LogP contribution in [0, 0.1) is 6.92 Å². The number of halogens is 1. The van der Waals surface area contributed by atoms with Crippen molar-refractivity contribution >= 4 is 51.0 Å². The minimum absolute atomic E-state index is 0.137. The number of piperazine rings is 1. The number of nitrogens with zero attached hydrogens (tertiary/aromatic N) is 4. The molecule has 3 aromatic rings. The lowest BCUT2D eigenvalue weighted by atomic mass is 10.1. The van der Waals surface area contributed by atoms with Gasteiger partial charge < -0.3 is 26.2 Å². The van der Waals surface area contributed by atoms with Crippen molar-refractivity contribution in [2.45, 2.75) is 26.9 Å². The summed E-state index contributed by atoms with van der Waals surface area (Å²) in [5.74, 6) is 5.84. The van der Waals surface area contributed by atoms with Crippen LogP contribution in [0.3, 0.4) is 0 Å². The van der Waals surface area contributed by atoms with E-state index in [0.717, 1.165) is 37.4 Å². The van der Waals surface area contributed by atoms with Gasteiger partial charge in [-0.05, 0) is 55.4 Å². The van der Waals surface area contributed by atoms with Gasteiger partial charge in [0.2, 0.25) is 5.91 Å². The highest BCUT2D eigenvalue weighted by Gasteiger charge is 2.17. The van der Waals surface area contributed by atoms with Crippen molar-refractivity contribution in [2.75, 3.05) is 53.8 Å². The molecule has 1 fully saturated rings. The third-order valence-corrected chi connectivity index (χ3v) is 7.61. The van der Waals surface area contributed by atoms with E-state index < -0.39 is 6.67 Å². The highest BCUT2D eigenvalue weighted by molar-refractivity contribution is 7.16. The van der Waals surface area contributed by atoms with Crippen LogP contribution in [0.15, 0.2) is 48.8 Å². The van der Waals surface area contributed by atoms with Gasteiger partial charge in [-0.2, -0.15) is 0 Å². The van der Waals surface area contributed by atoms with E-state index in [1.807, 2.05) is 19.1 Å². The average molecular weight is 567 g/mol. The summed E-state index contributed by atoms with van der Waals surface area (Å²) < 4.78 is 13.7. The summed E-state index contributed by atoms with van der Waals surface area (Å²) in [7, 11) is 2.08. The summed E-state index contributed by atoms with van der Waals surface area (Å²) in [4.78, 5) is 34.1. The van der Waals surface area contributed by atoms with E-state index in [4.69, 9.17) is 11.6 Å². The molecule has 1 saturated heterocycles. The third-order valence-electron chi connectivity index (χ3n) is 6.64. The molecule has 6 N–H and O–H groups in total. The van der Waals surface area contributed by atoms with Gasteiger partial charge >= 0.3 is 0 Å². The molecule has 0 atom stereocenters. The Hall–Kier alpha value is -4.00. The number of carbonyl (C=O) groups excluding carboxylic acids is 2. The number of rotatable bonds is 9. The first-order chi connectivity index (χ1) is 19.2. The number of thiazole rings is 1. The zero-order chi connectivity index (χ0) is 28.8. The molecule has 0 aliphatic carbocycles. The van der Waals surface area contributed by atoms with Crippen LogP contribution in [0.5, 0.6) is 0 Å². The molecular formula is C28H35FN8O2S. The monoisotopic (exact) mass is 566 g/mol. The molecule has 0 radical (unpaired) electrons. The fraction of sp³-hybridized carbons (Fsp3) is 0.321. The molecule has 10 nitrogen and oxygen atoms in total. The van der Waals surface area contributed by atoms with Gasteiger partial charge in [0.25, 0.3) is 5.91 Å². The van der Waals surface area contributed by atoms with Gasteiger partial charge in [-0.15, -0.1) is 0 Å². The van der Waals surface area contributed by atoms with E-state index in [0.29, 0.717) is 44.6 Å². The van der Waals surface area contributed by atoms with E-state index in [1.54, 1.807) is 37.4 Å². The van der Waals surface area contributed by atoms with Crippen molar-refractivity contribution in [1.29, 1.82) is 0 Å². The van der Waals surface area contributed by atoms with Gasteiger partial charge in [-0.25, -0.2) is 15.2 Å². The minimum Gasteiger partial charge on any atom is -0.396 e. The number of likely N-dealkylation sites (N-methyl/N-ethyl adjacent to an activating group) is 1. The molecule has 1 aliphatic heterocycles. The molecule has 0 unspecified atom stereocenters. The molecule has 0 bridgehead atoms. The van der Waals surface area contributed by atoms with Gasteiger partial charge in [-0.1, -0.05) is 24.3 Å². The van der Waals surface area contributed by atoms with Crippen LogP contribution in [-0.4, -0.2) is 54.9 Å². The van der Waals surface area contributed by atoms with E-state index in [9.17, 15) is 14.0 Å². The van der Waals surface area contributed by atoms with Crippen molar-refractivity contribution in [3.63, 3.8) is 0 Å². The van der Waals surface area contributed by atoms with Crippen molar-refractivity contribution < 1.29 is 14.0 Å². The number of amides is 2. The summed E-state index contributed by atoms with van der Waals surface area (Å²) in [6.07, 6.45) is 3.45. The number of hydrazine groups is 1. The smallest absolute Gasteiger partial charge is 0.255 e. The Kier molecular flexibility index (Phi) is 9.35. The van der Waals surface area contributed by atoms with E-state index >= 15 is 0 Å². The molecule has 0 saturated carbocycles. The zero-order valence-electron chi connectivity index (χ0n) is 22.9. The largest absolute Gasteiger partial charge is 0.396 e. The summed E-state index contributed by atoms with van der Waals surface area (Å²) in [5.41, 5.74) is 10.3. The summed E-state index contributed by atoms with van der Waals surface area (Å²) >= 11 is 1.23. The fourth-order valence-electron chi connectivity index (χ4n) is 4.26. The highest BCUT2D eigenvalue weighted by Crippen LogP contribution is 2.27. The molecule has 212 valence electrons. The fourth-order valence-corrected chi connectivity index (χ4v) is 5.01. The van der Waals surface area contributed by atoms with Crippen molar-refractivity contribution in [3.05, 3.63) is 70.4 Å². The van der Waals surface area contributed by atoms with Gasteiger partial charge in [0.15, 0.2) is 5.13 Å². The van der Waals surface area contributed by atoms with E-state index in [1.165, 1.54) is 22.5 Å². The molecule has 1 aromatic heterocycles. The maximum absolute atomic E-state index is 13.7. The summed E-state index contributed by atoms with van der Waals surface area (Å²) in [5, 5.41) is 7.41. The normalized spacial score (nSPS) is 14.2. The SMILES string of the molecule is CCC(=O)Nc1ncc(/C(N)=C/N(N)c2cc(C(=O)Nc3cc(CF)cc(N4CCN(C)CC4)c3)ccc2C)s1. The first-order valence-corrected chi connectivity index (χ1v) is 13.8. The second-order valence-corrected chi connectivity index (χ2v) is 10.7. The number of hydrogen-bond donors (Lipinski definition) is 4.